The van der Waals surface area contributed by atoms with Gasteiger partial charge in [-0.15, -0.1) is 0 Å². The van der Waals surface area contributed by atoms with Gasteiger partial charge in [-0.3, -0.25) is 5.32 Å². The van der Waals surface area contributed by atoms with Gasteiger partial charge in [0.1, 0.15) is 13.0 Å². The number of hydrogen-bond acceptors (Lipinski definition) is 4. The van der Waals surface area contributed by atoms with Crippen molar-refractivity contribution in [1.29, 1.82) is 0 Å². The van der Waals surface area contributed by atoms with Crippen LogP contribution in [0, 0.1) is 0 Å². The minimum absolute atomic E-state index is 0.0394. The van der Waals surface area contributed by atoms with Gasteiger partial charge in [0.25, 0.3) is 0 Å². The van der Waals surface area contributed by atoms with Crippen molar-refractivity contribution in [2.45, 2.75) is 13.2 Å². The fourth-order valence-electron chi connectivity index (χ4n) is 0.435. The number of ether oxygens (including phenoxy) is 3. The van der Waals surface area contributed by atoms with E-state index < -0.39 is 0 Å². The van der Waals surface area contributed by atoms with Gasteiger partial charge in [0, 0.05) is 7.11 Å². The van der Waals surface area contributed by atoms with Gasteiger partial charge >= 0.3 is 0 Å². The van der Waals surface area contributed by atoms with Gasteiger partial charge in [-0.1, -0.05) is 0 Å². The summed E-state index contributed by atoms with van der Waals surface area (Å²) in [7, 11) is 3.47. The van der Waals surface area contributed by atoms with Crippen molar-refractivity contribution in [2.75, 3.05) is 34.2 Å². The van der Waals surface area contributed by atoms with Crippen molar-refractivity contribution in [1.82, 2.24) is 5.32 Å². The Hall–Kier alpha value is -0.160. The molecule has 0 saturated carbocycles. The second-order valence-corrected chi connectivity index (χ2v) is 2.12. The highest BCUT2D eigenvalue weighted by atomic mass is 16.7. The Bertz CT molecular complexity index is 80.1. The summed E-state index contributed by atoms with van der Waals surface area (Å²) >= 11 is 0. The third kappa shape index (κ3) is 7.74. The predicted octanol–water partition coefficient (Wildman–Crippen LogP) is 0.189. The zero-order chi connectivity index (χ0) is 8.53. The summed E-state index contributed by atoms with van der Waals surface area (Å²) in [5, 5.41) is 2.92. The van der Waals surface area contributed by atoms with Crippen LogP contribution in [0.5, 0.6) is 0 Å². The van der Waals surface area contributed by atoms with Crippen molar-refractivity contribution >= 4 is 0 Å². The summed E-state index contributed by atoms with van der Waals surface area (Å²) in [4.78, 5) is 0. The van der Waals surface area contributed by atoms with Crippen LogP contribution in [0.4, 0.5) is 0 Å². The van der Waals surface area contributed by atoms with E-state index in [1.807, 2.05) is 14.0 Å². The van der Waals surface area contributed by atoms with E-state index in [2.05, 4.69) is 5.32 Å². The molecule has 11 heavy (non-hydrogen) atoms. The van der Waals surface area contributed by atoms with Crippen LogP contribution < -0.4 is 5.32 Å². The van der Waals surface area contributed by atoms with E-state index in [1.165, 1.54) is 0 Å². The summed E-state index contributed by atoms with van der Waals surface area (Å²) in [5.74, 6) is 0. The minimum atomic E-state index is 0.0394. The van der Waals surface area contributed by atoms with Gasteiger partial charge in [0.2, 0.25) is 0 Å². The summed E-state index contributed by atoms with van der Waals surface area (Å²) < 4.78 is 15.0. The molecule has 1 N–H and O–H groups in total. The normalized spacial score (nSPS) is 13.4. The molecule has 0 heterocycles. The number of hydrogen-bond donors (Lipinski definition) is 1. The molecular weight excluding hydrogens is 146 g/mol. The maximum Gasteiger partial charge on any atom is 0.148 e. The molecule has 1 unspecified atom stereocenters. The average molecular weight is 163 g/mol. The van der Waals surface area contributed by atoms with Crippen molar-refractivity contribution in [2.24, 2.45) is 0 Å². The first-order chi connectivity index (χ1) is 5.31. The molecular formula is C7H17NO3. The summed E-state index contributed by atoms with van der Waals surface area (Å²) in [6.45, 7) is 3.41. The summed E-state index contributed by atoms with van der Waals surface area (Å²) in [5.41, 5.74) is 0. The van der Waals surface area contributed by atoms with Crippen molar-refractivity contribution in [3.8, 4) is 0 Å². The van der Waals surface area contributed by atoms with Gasteiger partial charge < -0.3 is 14.2 Å². The van der Waals surface area contributed by atoms with E-state index in [0.717, 1.165) is 0 Å². The van der Waals surface area contributed by atoms with Gasteiger partial charge in [-0.05, 0) is 14.0 Å². The molecule has 0 bridgehead atoms. The fourth-order valence-corrected chi connectivity index (χ4v) is 0.435. The van der Waals surface area contributed by atoms with E-state index in [1.54, 1.807) is 7.11 Å². The molecule has 0 aliphatic carbocycles. The van der Waals surface area contributed by atoms with Crippen LogP contribution in [0.15, 0.2) is 0 Å². The first-order valence-electron chi connectivity index (χ1n) is 3.66. The van der Waals surface area contributed by atoms with Gasteiger partial charge in [0.15, 0.2) is 0 Å². The molecule has 0 fully saturated rings. The van der Waals surface area contributed by atoms with Gasteiger partial charge in [-0.25, -0.2) is 0 Å². The first-order valence-corrected chi connectivity index (χ1v) is 3.66. The molecule has 0 saturated heterocycles. The molecule has 1 atom stereocenters. The van der Waals surface area contributed by atoms with Gasteiger partial charge in [0.05, 0.1) is 13.2 Å². The topological polar surface area (TPSA) is 39.7 Å². The summed E-state index contributed by atoms with van der Waals surface area (Å²) in [6, 6.07) is 0. The van der Waals surface area contributed by atoms with E-state index in [-0.39, 0.29) is 6.23 Å². The Morgan fingerprint density at radius 1 is 1.36 bits per heavy atom. The van der Waals surface area contributed by atoms with Crippen LogP contribution in [-0.4, -0.2) is 40.4 Å². The zero-order valence-electron chi connectivity index (χ0n) is 7.42. The molecule has 0 rings (SSSR count). The smallest absolute Gasteiger partial charge is 0.148 e. The quantitative estimate of drug-likeness (QED) is 0.429. The van der Waals surface area contributed by atoms with Crippen LogP contribution in [0.1, 0.15) is 6.92 Å². The second kappa shape index (κ2) is 7.94. The molecule has 0 aromatic rings. The fraction of sp³-hybridized carbons (Fsp3) is 1.00. The first kappa shape index (κ1) is 10.8. The third-order valence-electron chi connectivity index (χ3n) is 1.24. The lowest BCUT2D eigenvalue weighted by atomic mass is 10.7. The largest absolute Gasteiger partial charge is 0.382 e. The predicted molar refractivity (Wildman–Crippen MR) is 42.3 cm³/mol. The highest BCUT2D eigenvalue weighted by Gasteiger charge is 1.95. The molecule has 0 radical (unpaired) electrons. The average Bonchev–Trinajstić information content (AvgIpc) is 2.04. The molecule has 68 valence electrons. The monoisotopic (exact) mass is 163 g/mol. The Kier molecular flexibility index (Phi) is 7.83. The standard InChI is InChI=1S/C7H17NO3/c1-7(8-2)11-6-10-5-4-9-3/h7-8H,4-6H2,1-3H3. The lowest BCUT2D eigenvalue weighted by Gasteiger charge is -2.11. The number of rotatable bonds is 7. The van der Waals surface area contributed by atoms with Gasteiger partial charge in [-0.2, -0.15) is 0 Å². The highest BCUT2D eigenvalue weighted by Crippen LogP contribution is 1.84. The maximum absolute atomic E-state index is 5.15. The van der Waals surface area contributed by atoms with Crippen LogP contribution in [-0.2, 0) is 14.2 Å². The molecule has 0 aliphatic heterocycles. The second-order valence-electron chi connectivity index (χ2n) is 2.12. The van der Waals surface area contributed by atoms with Crippen molar-refractivity contribution in [3.63, 3.8) is 0 Å². The lowest BCUT2D eigenvalue weighted by Crippen LogP contribution is -2.25. The van der Waals surface area contributed by atoms with E-state index in [0.29, 0.717) is 20.0 Å². The third-order valence-corrected chi connectivity index (χ3v) is 1.24. The van der Waals surface area contributed by atoms with E-state index >= 15 is 0 Å². The maximum atomic E-state index is 5.15. The summed E-state index contributed by atoms with van der Waals surface area (Å²) in [6.07, 6.45) is 0.0394. The molecule has 0 amide bonds. The van der Waals surface area contributed by atoms with Crippen LogP contribution in [0.25, 0.3) is 0 Å². The Morgan fingerprint density at radius 2 is 2.09 bits per heavy atom. The van der Waals surface area contributed by atoms with E-state index in [4.69, 9.17) is 14.2 Å². The zero-order valence-corrected chi connectivity index (χ0v) is 7.42. The lowest BCUT2D eigenvalue weighted by molar-refractivity contribution is -0.0990. The minimum Gasteiger partial charge on any atom is -0.382 e. The van der Waals surface area contributed by atoms with Crippen LogP contribution in [0.3, 0.4) is 0 Å². The molecule has 0 aromatic carbocycles. The molecule has 0 aromatic heterocycles. The SMILES string of the molecule is CNC(C)OCOCCOC. The van der Waals surface area contributed by atoms with Crippen molar-refractivity contribution in [3.05, 3.63) is 0 Å². The van der Waals surface area contributed by atoms with Crippen molar-refractivity contribution < 1.29 is 14.2 Å². The Labute approximate surface area is 67.8 Å². The van der Waals surface area contributed by atoms with E-state index in [9.17, 15) is 0 Å². The Morgan fingerprint density at radius 3 is 2.64 bits per heavy atom. The number of methoxy groups -OCH3 is 1. The Balaban J connectivity index is 2.89. The van der Waals surface area contributed by atoms with Crippen LogP contribution in [0.2, 0.25) is 0 Å². The molecule has 0 spiro atoms. The highest BCUT2D eigenvalue weighted by molar-refractivity contribution is 4.35. The molecule has 0 aliphatic rings. The molecule has 4 nitrogen and oxygen atoms in total. The van der Waals surface area contributed by atoms with Crippen LogP contribution >= 0.6 is 0 Å². The molecule has 4 heteroatoms. The number of nitrogens with one attached hydrogen (secondary N) is 1.